The average molecular weight is 528 g/mol. The number of nitrogens with zero attached hydrogens (tertiary/aromatic N) is 6. The van der Waals surface area contributed by atoms with Crippen molar-refractivity contribution in [2.75, 3.05) is 5.32 Å². The molecule has 0 amide bonds. The fourth-order valence-electron chi connectivity index (χ4n) is 4.13. The third-order valence-electron chi connectivity index (χ3n) is 5.64. The average Bonchev–Trinajstić information content (AvgIpc) is 3.35. The number of alkyl halides is 2. The molecule has 0 saturated heterocycles. The number of anilines is 2. The van der Waals surface area contributed by atoms with Gasteiger partial charge >= 0.3 is 5.97 Å². The summed E-state index contributed by atoms with van der Waals surface area (Å²) in [7, 11) is 1.77. The Kier molecular flexibility index (Phi) is 7.25. The topological polar surface area (TPSA) is 99.8 Å². The maximum atomic E-state index is 14.2. The first-order valence-electron chi connectivity index (χ1n) is 11.9. The number of aryl methyl sites for hydroxylation is 2. The van der Waals surface area contributed by atoms with Crippen LogP contribution in [0.5, 0.6) is 0 Å². The number of aromatic nitrogens is 6. The molecule has 0 fully saturated rings. The summed E-state index contributed by atoms with van der Waals surface area (Å²) in [6, 6.07) is 7.54. The van der Waals surface area contributed by atoms with E-state index >= 15 is 0 Å². The van der Waals surface area contributed by atoms with Gasteiger partial charge < -0.3 is 10.1 Å². The molecule has 0 atom stereocenters. The van der Waals surface area contributed by atoms with E-state index in [1.54, 1.807) is 44.6 Å². The fraction of sp³-hybridized carbons (Fsp3) is 0.346. The molecule has 0 aliphatic heterocycles. The molecule has 38 heavy (non-hydrogen) atoms. The summed E-state index contributed by atoms with van der Waals surface area (Å²) in [5.74, 6) is -0.422. The molecule has 0 unspecified atom stereocenters. The van der Waals surface area contributed by atoms with Crippen molar-refractivity contribution in [3.8, 4) is 17.1 Å². The summed E-state index contributed by atoms with van der Waals surface area (Å²) in [5, 5.41) is 11.8. The van der Waals surface area contributed by atoms with Crippen molar-refractivity contribution in [3.63, 3.8) is 0 Å². The standard InChI is InChI=1S/C26H28F3N7O2/c1-7-17-21(15-8-10-16(27)11-9-15)35(6)34-24(17)32-18-12-19(31-13-30-18)36-22(23(28)29)20(14(2)33-36)25(37)38-26(3,4)5/h8-13,23H,7H2,1-6H3,(H,30,31,32,34). The van der Waals surface area contributed by atoms with Crippen LogP contribution in [0, 0.1) is 12.7 Å². The van der Waals surface area contributed by atoms with Crippen molar-refractivity contribution in [2.45, 2.75) is 53.1 Å². The number of nitrogens with one attached hydrogen (secondary N) is 1. The van der Waals surface area contributed by atoms with Gasteiger partial charge in [-0.3, -0.25) is 4.68 Å². The Balaban J connectivity index is 1.72. The zero-order chi connectivity index (χ0) is 27.8. The van der Waals surface area contributed by atoms with Gasteiger partial charge in [0.2, 0.25) is 0 Å². The van der Waals surface area contributed by atoms with Gasteiger partial charge in [-0.1, -0.05) is 6.92 Å². The Labute approximate surface area is 217 Å². The molecule has 1 N–H and O–H groups in total. The molecule has 0 spiro atoms. The van der Waals surface area contributed by atoms with Gasteiger partial charge in [0, 0.05) is 24.2 Å². The molecule has 4 rings (SSSR count). The summed E-state index contributed by atoms with van der Waals surface area (Å²) in [6.07, 6.45) is -1.22. The third-order valence-corrected chi connectivity index (χ3v) is 5.64. The van der Waals surface area contributed by atoms with Gasteiger partial charge in [0.15, 0.2) is 11.6 Å². The minimum atomic E-state index is -3.02. The molecular weight excluding hydrogens is 499 g/mol. The van der Waals surface area contributed by atoms with Gasteiger partial charge in [-0.25, -0.2) is 32.6 Å². The number of esters is 1. The van der Waals surface area contributed by atoms with Crippen LogP contribution in [-0.2, 0) is 18.2 Å². The maximum absolute atomic E-state index is 14.2. The second kappa shape index (κ2) is 10.3. The Bertz CT molecular complexity index is 1470. The van der Waals surface area contributed by atoms with Gasteiger partial charge in [0.05, 0.1) is 11.4 Å². The van der Waals surface area contributed by atoms with Gasteiger partial charge in [-0.15, -0.1) is 0 Å². The minimum Gasteiger partial charge on any atom is -0.456 e. The van der Waals surface area contributed by atoms with Crippen LogP contribution in [0.25, 0.3) is 17.1 Å². The zero-order valence-corrected chi connectivity index (χ0v) is 21.9. The second-order valence-corrected chi connectivity index (χ2v) is 9.61. The highest BCUT2D eigenvalue weighted by Crippen LogP contribution is 2.32. The number of carbonyl (C=O) groups excluding carboxylic acids is 1. The van der Waals surface area contributed by atoms with Crippen LogP contribution in [0.2, 0.25) is 0 Å². The van der Waals surface area contributed by atoms with E-state index < -0.39 is 23.7 Å². The molecule has 0 aliphatic rings. The molecule has 1 aromatic carbocycles. The molecule has 3 heterocycles. The van der Waals surface area contributed by atoms with E-state index in [0.717, 1.165) is 21.5 Å². The fourth-order valence-corrected chi connectivity index (χ4v) is 4.13. The molecule has 0 saturated carbocycles. The Morgan fingerprint density at radius 2 is 1.82 bits per heavy atom. The first-order valence-corrected chi connectivity index (χ1v) is 11.9. The molecule has 0 radical (unpaired) electrons. The van der Waals surface area contributed by atoms with Gasteiger partial charge in [-0.2, -0.15) is 10.2 Å². The lowest BCUT2D eigenvalue weighted by molar-refractivity contribution is 0.00607. The van der Waals surface area contributed by atoms with E-state index in [1.807, 2.05) is 6.92 Å². The molecule has 12 heteroatoms. The summed E-state index contributed by atoms with van der Waals surface area (Å²) >= 11 is 0. The van der Waals surface area contributed by atoms with Crippen LogP contribution in [0.4, 0.5) is 24.8 Å². The minimum absolute atomic E-state index is 0.0310. The van der Waals surface area contributed by atoms with E-state index in [9.17, 15) is 18.0 Å². The number of hydrogen-bond donors (Lipinski definition) is 1. The highest BCUT2D eigenvalue weighted by Gasteiger charge is 2.32. The second-order valence-electron chi connectivity index (χ2n) is 9.61. The largest absolute Gasteiger partial charge is 0.456 e. The van der Waals surface area contributed by atoms with Crippen molar-refractivity contribution in [1.29, 1.82) is 0 Å². The van der Waals surface area contributed by atoms with Crippen molar-refractivity contribution in [3.05, 3.63) is 65.0 Å². The van der Waals surface area contributed by atoms with Gasteiger partial charge in [0.1, 0.15) is 34.8 Å². The molecular formula is C26H28F3N7O2. The molecule has 0 aliphatic carbocycles. The van der Waals surface area contributed by atoms with Crippen molar-refractivity contribution in [1.82, 2.24) is 29.5 Å². The zero-order valence-electron chi connectivity index (χ0n) is 21.9. The Morgan fingerprint density at radius 1 is 1.13 bits per heavy atom. The molecule has 0 bridgehead atoms. The normalized spacial score (nSPS) is 11.7. The molecule has 4 aromatic rings. The number of rotatable bonds is 7. The lowest BCUT2D eigenvalue weighted by Crippen LogP contribution is -2.25. The highest BCUT2D eigenvalue weighted by atomic mass is 19.3. The summed E-state index contributed by atoms with van der Waals surface area (Å²) in [6.45, 7) is 8.37. The third kappa shape index (κ3) is 5.38. The summed E-state index contributed by atoms with van der Waals surface area (Å²) in [5.41, 5.74) is 0.743. The van der Waals surface area contributed by atoms with Gasteiger partial charge in [0.25, 0.3) is 6.43 Å². The van der Waals surface area contributed by atoms with Crippen LogP contribution in [0.3, 0.4) is 0 Å². The maximum Gasteiger partial charge on any atom is 0.342 e. The van der Waals surface area contributed by atoms with E-state index in [2.05, 4.69) is 25.5 Å². The Morgan fingerprint density at radius 3 is 2.42 bits per heavy atom. The van der Waals surface area contributed by atoms with Crippen LogP contribution >= 0.6 is 0 Å². The lowest BCUT2D eigenvalue weighted by atomic mass is 10.1. The number of benzene rings is 1. The smallest absolute Gasteiger partial charge is 0.342 e. The SMILES string of the molecule is CCc1c(Nc2cc(-n3nc(C)c(C(=O)OC(C)(C)C)c3C(F)F)ncn2)nn(C)c1-c1ccc(F)cc1. The number of ether oxygens (including phenoxy) is 1. The number of halogens is 3. The molecule has 9 nitrogen and oxygen atoms in total. The predicted molar refractivity (Wildman–Crippen MR) is 135 cm³/mol. The van der Waals surface area contributed by atoms with Gasteiger partial charge in [-0.05, 0) is 58.4 Å². The number of carbonyl (C=O) groups is 1. The monoisotopic (exact) mass is 527 g/mol. The first-order chi connectivity index (χ1) is 17.9. The summed E-state index contributed by atoms with van der Waals surface area (Å²) in [4.78, 5) is 21.0. The first kappa shape index (κ1) is 26.8. The van der Waals surface area contributed by atoms with Crippen molar-refractivity contribution >= 4 is 17.6 Å². The Hall–Kier alpha value is -4.22. The number of hydrogen-bond acceptors (Lipinski definition) is 7. The van der Waals surface area contributed by atoms with Crippen LogP contribution in [0.1, 0.15) is 61.4 Å². The molecule has 200 valence electrons. The van der Waals surface area contributed by atoms with Crippen LogP contribution in [-0.4, -0.2) is 41.1 Å². The quantitative estimate of drug-likeness (QED) is 0.307. The van der Waals surface area contributed by atoms with Crippen molar-refractivity contribution < 1.29 is 22.7 Å². The predicted octanol–water partition coefficient (Wildman–Crippen LogP) is 5.71. The van der Waals surface area contributed by atoms with E-state index in [4.69, 9.17) is 4.74 Å². The van der Waals surface area contributed by atoms with E-state index in [1.165, 1.54) is 31.5 Å². The van der Waals surface area contributed by atoms with E-state index in [-0.39, 0.29) is 28.7 Å². The lowest BCUT2D eigenvalue weighted by Gasteiger charge is -2.19. The van der Waals surface area contributed by atoms with Crippen LogP contribution < -0.4 is 5.32 Å². The molecule has 3 aromatic heterocycles. The summed E-state index contributed by atoms with van der Waals surface area (Å²) < 4.78 is 49.8. The van der Waals surface area contributed by atoms with E-state index in [0.29, 0.717) is 12.2 Å². The van der Waals surface area contributed by atoms with Crippen LogP contribution in [0.15, 0.2) is 36.7 Å². The highest BCUT2D eigenvalue weighted by molar-refractivity contribution is 5.92. The van der Waals surface area contributed by atoms with Crippen molar-refractivity contribution in [2.24, 2.45) is 7.05 Å².